The summed E-state index contributed by atoms with van der Waals surface area (Å²) in [5.74, 6) is 0.588. The van der Waals surface area contributed by atoms with Gasteiger partial charge in [0.15, 0.2) is 5.75 Å². The second kappa shape index (κ2) is 4.95. The van der Waals surface area contributed by atoms with E-state index in [4.69, 9.17) is 15.7 Å². The van der Waals surface area contributed by atoms with E-state index in [1.54, 1.807) is 18.5 Å². The summed E-state index contributed by atoms with van der Waals surface area (Å²) < 4.78 is 5.79. The van der Waals surface area contributed by atoms with Crippen LogP contribution < -0.4 is 10.5 Å². The fourth-order valence-electron chi connectivity index (χ4n) is 1.95. The number of hydrogen-bond donors (Lipinski definition) is 1. The van der Waals surface area contributed by atoms with Gasteiger partial charge in [-0.1, -0.05) is 0 Å². The molecule has 0 unspecified atom stereocenters. The second-order valence-corrected chi connectivity index (χ2v) is 4.14. The molecule has 0 amide bonds. The lowest BCUT2D eigenvalue weighted by atomic mass is 9.94. The van der Waals surface area contributed by atoms with E-state index in [0.29, 0.717) is 17.4 Å². The van der Waals surface area contributed by atoms with E-state index < -0.39 is 0 Å². The molecule has 0 bridgehead atoms. The van der Waals surface area contributed by atoms with Crippen LogP contribution in [0.25, 0.3) is 0 Å². The van der Waals surface area contributed by atoms with E-state index in [-0.39, 0.29) is 6.10 Å². The maximum Gasteiger partial charge on any atom is 0.155 e. The average molecular weight is 217 g/mol. The zero-order valence-corrected chi connectivity index (χ0v) is 9.10. The average Bonchev–Trinajstić information content (AvgIpc) is 2.33. The molecule has 2 N–H and O–H groups in total. The summed E-state index contributed by atoms with van der Waals surface area (Å²) in [4.78, 5) is 3.97. The summed E-state index contributed by atoms with van der Waals surface area (Å²) in [6.07, 6.45) is 7.28. The minimum Gasteiger partial charge on any atom is -0.487 e. The first-order valence-corrected chi connectivity index (χ1v) is 5.56. The molecule has 1 aromatic rings. The first kappa shape index (κ1) is 10.9. The lowest BCUT2D eigenvalue weighted by Gasteiger charge is -2.26. The van der Waals surface area contributed by atoms with Gasteiger partial charge in [0.1, 0.15) is 6.07 Å². The highest BCUT2D eigenvalue weighted by atomic mass is 16.5. The standard InChI is InChI=1S/C12H15N3O/c13-7-9-5-6-15-8-12(9)16-11-3-1-10(14)2-4-11/h5-6,8,10-11H,1-4,14H2. The maximum absolute atomic E-state index is 8.91. The molecular formula is C12H15N3O. The zero-order valence-electron chi connectivity index (χ0n) is 9.10. The highest BCUT2D eigenvalue weighted by Crippen LogP contribution is 2.24. The van der Waals surface area contributed by atoms with E-state index in [9.17, 15) is 0 Å². The van der Waals surface area contributed by atoms with Gasteiger partial charge < -0.3 is 10.5 Å². The van der Waals surface area contributed by atoms with Crippen molar-refractivity contribution in [3.63, 3.8) is 0 Å². The van der Waals surface area contributed by atoms with Crippen molar-refractivity contribution < 1.29 is 4.74 Å². The van der Waals surface area contributed by atoms with Gasteiger partial charge in [-0.2, -0.15) is 5.26 Å². The van der Waals surface area contributed by atoms with E-state index >= 15 is 0 Å². The molecule has 0 radical (unpaired) electrons. The van der Waals surface area contributed by atoms with E-state index in [0.717, 1.165) is 25.7 Å². The topological polar surface area (TPSA) is 71.9 Å². The molecule has 1 aliphatic carbocycles. The molecule has 1 aromatic heterocycles. The Bertz CT molecular complexity index is 391. The van der Waals surface area contributed by atoms with Crippen molar-refractivity contribution in [2.45, 2.75) is 37.8 Å². The quantitative estimate of drug-likeness (QED) is 0.816. The molecule has 1 fully saturated rings. The first-order valence-electron chi connectivity index (χ1n) is 5.56. The molecule has 1 aliphatic rings. The van der Waals surface area contributed by atoms with Crippen LogP contribution in [0.5, 0.6) is 5.75 Å². The van der Waals surface area contributed by atoms with Crippen molar-refractivity contribution in [2.24, 2.45) is 5.73 Å². The fourth-order valence-corrected chi connectivity index (χ4v) is 1.95. The minimum atomic E-state index is 0.177. The van der Waals surface area contributed by atoms with Crippen LogP contribution in [-0.4, -0.2) is 17.1 Å². The molecular weight excluding hydrogens is 202 g/mol. The number of nitrogens with two attached hydrogens (primary N) is 1. The Hall–Kier alpha value is -1.60. The van der Waals surface area contributed by atoms with Gasteiger partial charge in [0.25, 0.3) is 0 Å². The van der Waals surface area contributed by atoms with Gasteiger partial charge in [-0.15, -0.1) is 0 Å². The van der Waals surface area contributed by atoms with Gasteiger partial charge in [-0.25, -0.2) is 0 Å². The summed E-state index contributed by atoms with van der Waals surface area (Å²) in [6.45, 7) is 0. The summed E-state index contributed by atoms with van der Waals surface area (Å²) in [5, 5.41) is 8.91. The molecule has 1 saturated carbocycles. The Morgan fingerprint density at radius 2 is 2.12 bits per heavy atom. The third kappa shape index (κ3) is 2.50. The Labute approximate surface area is 95.0 Å². The number of rotatable bonds is 2. The van der Waals surface area contributed by atoms with Crippen LogP contribution in [0, 0.1) is 11.3 Å². The van der Waals surface area contributed by atoms with Crippen molar-refractivity contribution in [3.05, 3.63) is 24.0 Å². The van der Waals surface area contributed by atoms with Crippen LogP contribution in [-0.2, 0) is 0 Å². The molecule has 4 heteroatoms. The van der Waals surface area contributed by atoms with Crippen molar-refractivity contribution in [1.82, 2.24) is 4.98 Å². The van der Waals surface area contributed by atoms with Crippen molar-refractivity contribution >= 4 is 0 Å². The van der Waals surface area contributed by atoms with Crippen LogP contribution in [0.2, 0.25) is 0 Å². The third-order valence-electron chi connectivity index (χ3n) is 2.92. The molecule has 0 atom stereocenters. The van der Waals surface area contributed by atoms with Crippen LogP contribution in [0.4, 0.5) is 0 Å². The van der Waals surface area contributed by atoms with Gasteiger partial charge in [-0.05, 0) is 31.7 Å². The number of hydrogen-bond acceptors (Lipinski definition) is 4. The summed E-state index contributed by atoms with van der Waals surface area (Å²) in [7, 11) is 0. The summed E-state index contributed by atoms with van der Waals surface area (Å²) in [6, 6.07) is 4.08. The van der Waals surface area contributed by atoms with Crippen LogP contribution in [0.3, 0.4) is 0 Å². The normalized spacial score (nSPS) is 24.8. The van der Waals surface area contributed by atoms with Gasteiger partial charge >= 0.3 is 0 Å². The molecule has 0 aromatic carbocycles. The highest BCUT2D eigenvalue weighted by Gasteiger charge is 2.20. The Morgan fingerprint density at radius 1 is 1.38 bits per heavy atom. The van der Waals surface area contributed by atoms with E-state index in [1.807, 2.05) is 0 Å². The van der Waals surface area contributed by atoms with Crippen molar-refractivity contribution in [1.29, 1.82) is 5.26 Å². The molecule has 2 rings (SSSR count). The Morgan fingerprint density at radius 3 is 2.81 bits per heavy atom. The lowest BCUT2D eigenvalue weighted by Crippen LogP contribution is -2.31. The van der Waals surface area contributed by atoms with Crippen LogP contribution in [0.15, 0.2) is 18.5 Å². The van der Waals surface area contributed by atoms with Crippen LogP contribution >= 0.6 is 0 Å². The van der Waals surface area contributed by atoms with E-state index in [2.05, 4.69) is 11.1 Å². The molecule has 0 aliphatic heterocycles. The highest BCUT2D eigenvalue weighted by molar-refractivity contribution is 5.40. The predicted molar refractivity (Wildman–Crippen MR) is 59.8 cm³/mol. The summed E-state index contributed by atoms with van der Waals surface area (Å²) >= 11 is 0. The molecule has 84 valence electrons. The number of aromatic nitrogens is 1. The van der Waals surface area contributed by atoms with Gasteiger partial charge in [0.05, 0.1) is 17.9 Å². The predicted octanol–water partition coefficient (Wildman–Crippen LogP) is 1.60. The Balaban J connectivity index is 2.01. The third-order valence-corrected chi connectivity index (χ3v) is 2.92. The van der Waals surface area contributed by atoms with Gasteiger partial charge in [-0.3, -0.25) is 4.98 Å². The minimum absolute atomic E-state index is 0.177. The van der Waals surface area contributed by atoms with Crippen molar-refractivity contribution in [2.75, 3.05) is 0 Å². The van der Waals surface area contributed by atoms with Gasteiger partial charge in [0, 0.05) is 12.2 Å². The number of nitrogens with zero attached hydrogens (tertiary/aromatic N) is 2. The number of pyridine rings is 1. The maximum atomic E-state index is 8.91. The largest absolute Gasteiger partial charge is 0.487 e. The fraction of sp³-hybridized carbons (Fsp3) is 0.500. The first-order chi connectivity index (χ1) is 7.79. The number of nitriles is 1. The lowest BCUT2D eigenvalue weighted by molar-refractivity contribution is 0.146. The van der Waals surface area contributed by atoms with Crippen molar-refractivity contribution in [3.8, 4) is 11.8 Å². The molecule has 16 heavy (non-hydrogen) atoms. The monoisotopic (exact) mass is 217 g/mol. The van der Waals surface area contributed by atoms with E-state index in [1.165, 1.54) is 0 Å². The molecule has 4 nitrogen and oxygen atoms in total. The zero-order chi connectivity index (χ0) is 11.4. The molecule has 1 heterocycles. The molecule has 0 spiro atoms. The SMILES string of the molecule is N#Cc1ccncc1OC1CCC(N)CC1. The summed E-state index contributed by atoms with van der Waals surface area (Å²) in [5.41, 5.74) is 6.37. The van der Waals surface area contributed by atoms with Gasteiger partial charge in [0.2, 0.25) is 0 Å². The Kier molecular flexibility index (Phi) is 3.37. The smallest absolute Gasteiger partial charge is 0.155 e. The number of ether oxygens (including phenoxy) is 1. The van der Waals surface area contributed by atoms with Crippen LogP contribution in [0.1, 0.15) is 31.2 Å². The molecule has 0 saturated heterocycles. The second-order valence-electron chi connectivity index (χ2n) is 4.14.